The first kappa shape index (κ1) is 6.98. The van der Waals surface area contributed by atoms with E-state index >= 15 is 0 Å². The number of hydrogen-bond donors (Lipinski definition) is 2. The van der Waals surface area contributed by atoms with Gasteiger partial charge in [0, 0.05) is 12.3 Å². The van der Waals surface area contributed by atoms with Crippen molar-refractivity contribution >= 4 is 9.92 Å². The molecular formula is C4H11N3OS. The summed E-state index contributed by atoms with van der Waals surface area (Å²) in [6.45, 7) is 0.973. The molecule has 3 N–H and O–H groups in total. The molecule has 0 aliphatic carbocycles. The third-order valence-electron chi connectivity index (χ3n) is 1.45. The van der Waals surface area contributed by atoms with Crippen LogP contribution >= 0.6 is 0 Å². The highest BCUT2D eigenvalue weighted by Crippen LogP contribution is 2.11. The summed E-state index contributed by atoms with van der Waals surface area (Å²) in [4.78, 5) is 0. The third-order valence-corrected chi connectivity index (χ3v) is 3.46. The second-order valence-corrected chi connectivity index (χ2v) is 4.29. The Balaban J connectivity index is 2.75. The predicted molar refractivity (Wildman–Crippen MR) is 36.1 cm³/mol. The van der Waals surface area contributed by atoms with Gasteiger partial charge >= 0.3 is 0 Å². The van der Waals surface area contributed by atoms with Gasteiger partial charge in [-0.3, -0.25) is 0 Å². The molecule has 54 valence electrons. The summed E-state index contributed by atoms with van der Waals surface area (Å²) in [6, 6.07) is 0. The molecule has 1 heterocycles. The van der Waals surface area contributed by atoms with E-state index < -0.39 is 9.92 Å². The van der Waals surface area contributed by atoms with Gasteiger partial charge in [-0.15, -0.1) is 0 Å². The van der Waals surface area contributed by atoms with E-state index in [-0.39, 0.29) is 6.67 Å². The summed E-state index contributed by atoms with van der Waals surface area (Å²) in [5.74, 6) is 0.490. The Bertz CT molecular complexity index is 186. The molecule has 5 heteroatoms. The van der Waals surface area contributed by atoms with E-state index in [1.807, 2.05) is 0 Å². The third kappa shape index (κ3) is 1.23. The summed E-state index contributed by atoms with van der Waals surface area (Å²) in [6.07, 6.45) is 0.847. The zero-order valence-corrected chi connectivity index (χ0v) is 5.99. The van der Waals surface area contributed by atoms with Crippen molar-refractivity contribution in [2.45, 2.75) is 6.42 Å². The fraction of sp³-hybridized carbons (Fsp3) is 1.00. The molecule has 1 atom stereocenters. The Hall–Kier alpha value is -0.130. The molecule has 0 spiro atoms. The number of nitrogens with one attached hydrogen (secondary N) is 1. The number of hydrogen-bond acceptors (Lipinski definition) is 3. The van der Waals surface area contributed by atoms with Gasteiger partial charge in [-0.05, 0) is 6.42 Å². The van der Waals surface area contributed by atoms with Gasteiger partial charge in [0.1, 0.15) is 9.92 Å². The Morgan fingerprint density at radius 3 is 2.67 bits per heavy atom. The average Bonchev–Trinajstić information content (AvgIpc) is 2.08. The van der Waals surface area contributed by atoms with E-state index in [0.717, 1.165) is 13.0 Å². The second-order valence-electron chi connectivity index (χ2n) is 2.09. The van der Waals surface area contributed by atoms with E-state index in [1.54, 1.807) is 0 Å². The molecule has 0 aromatic rings. The fourth-order valence-electron chi connectivity index (χ4n) is 0.925. The van der Waals surface area contributed by atoms with Gasteiger partial charge in [0.15, 0.2) is 0 Å². The summed E-state index contributed by atoms with van der Waals surface area (Å²) in [5, 5.41) is 0. The van der Waals surface area contributed by atoms with Crippen LogP contribution in [-0.2, 0) is 9.92 Å². The quantitative estimate of drug-likeness (QED) is 0.531. The van der Waals surface area contributed by atoms with Crippen molar-refractivity contribution in [3.8, 4) is 0 Å². The van der Waals surface area contributed by atoms with Gasteiger partial charge in [-0.25, -0.2) is 13.3 Å². The van der Waals surface area contributed by atoms with Crippen LogP contribution in [0.3, 0.4) is 0 Å². The normalized spacial score (nSPS) is 37.4. The largest absolute Gasteiger partial charge is 0.318 e. The van der Waals surface area contributed by atoms with Crippen LogP contribution in [0, 0.1) is 4.78 Å². The first-order chi connectivity index (χ1) is 4.17. The molecule has 1 rings (SSSR count). The van der Waals surface area contributed by atoms with E-state index in [4.69, 9.17) is 10.5 Å². The maximum atomic E-state index is 11.1. The summed E-state index contributed by atoms with van der Waals surface area (Å²) < 4.78 is 19.8. The lowest BCUT2D eigenvalue weighted by molar-refractivity contribution is 0.482. The van der Waals surface area contributed by atoms with Gasteiger partial charge < -0.3 is 5.73 Å². The standard InChI is InChI=1S/C4H11N3OS/c5-4-7-2-1-3-9(7,6)8/h6H,1-5H2. The van der Waals surface area contributed by atoms with Gasteiger partial charge in [-0.1, -0.05) is 0 Å². The maximum absolute atomic E-state index is 11.1. The monoisotopic (exact) mass is 149 g/mol. The minimum atomic E-state index is -2.43. The zero-order chi connectivity index (χ0) is 6.91. The maximum Gasteiger partial charge on any atom is 0.109 e. The van der Waals surface area contributed by atoms with Gasteiger partial charge in [0.05, 0.1) is 6.67 Å². The van der Waals surface area contributed by atoms with Gasteiger partial charge in [0.25, 0.3) is 0 Å². The Kier molecular flexibility index (Phi) is 1.74. The highest BCUT2D eigenvalue weighted by atomic mass is 32.2. The van der Waals surface area contributed by atoms with Crippen molar-refractivity contribution in [2.24, 2.45) is 5.73 Å². The van der Waals surface area contributed by atoms with Crippen molar-refractivity contribution in [1.82, 2.24) is 4.31 Å². The van der Waals surface area contributed by atoms with Gasteiger partial charge in [-0.2, -0.15) is 0 Å². The number of nitrogens with zero attached hydrogens (tertiary/aromatic N) is 1. The first-order valence-electron chi connectivity index (χ1n) is 2.88. The minimum absolute atomic E-state index is 0.252. The molecule has 0 amide bonds. The summed E-state index contributed by atoms with van der Waals surface area (Å²) in [5.41, 5.74) is 5.24. The molecule has 1 unspecified atom stereocenters. The summed E-state index contributed by atoms with van der Waals surface area (Å²) in [7, 11) is -2.43. The van der Waals surface area contributed by atoms with Crippen LogP contribution in [0.2, 0.25) is 0 Å². The molecular weight excluding hydrogens is 138 g/mol. The van der Waals surface area contributed by atoms with Crippen LogP contribution in [0.5, 0.6) is 0 Å². The van der Waals surface area contributed by atoms with E-state index in [9.17, 15) is 4.21 Å². The predicted octanol–water partition coefficient (Wildman–Crippen LogP) is -0.430. The molecule has 9 heavy (non-hydrogen) atoms. The van der Waals surface area contributed by atoms with Crippen molar-refractivity contribution in [1.29, 1.82) is 4.78 Å². The fourth-order valence-corrected chi connectivity index (χ4v) is 2.37. The molecule has 0 aromatic heterocycles. The van der Waals surface area contributed by atoms with Crippen molar-refractivity contribution in [3.05, 3.63) is 0 Å². The van der Waals surface area contributed by atoms with Crippen LogP contribution in [0.4, 0.5) is 0 Å². The molecule has 0 saturated carbocycles. The van der Waals surface area contributed by atoms with E-state index in [0.29, 0.717) is 5.75 Å². The number of nitrogens with two attached hydrogens (primary N) is 1. The Labute approximate surface area is 55.1 Å². The molecule has 1 aliphatic rings. The van der Waals surface area contributed by atoms with Crippen molar-refractivity contribution in [2.75, 3.05) is 19.0 Å². The van der Waals surface area contributed by atoms with Crippen LogP contribution < -0.4 is 5.73 Å². The smallest absolute Gasteiger partial charge is 0.109 e. The van der Waals surface area contributed by atoms with E-state index in [1.165, 1.54) is 4.31 Å². The second kappa shape index (κ2) is 2.24. The van der Waals surface area contributed by atoms with Crippen LogP contribution in [0.15, 0.2) is 0 Å². The molecule has 1 aliphatic heterocycles. The average molecular weight is 149 g/mol. The highest BCUT2D eigenvalue weighted by Gasteiger charge is 2.22. The Morgan fingerprint density at radius 2 is 2.44 bits per heavy atom. The molecule has 0 bridgehead atoms. The van der Waals surface area contributed by atoms with Gasteiger partial charge in [0.2, 0.25) is 0 Å². The first-order valence-corrected chi connectivity index (χ1v) is 4.57. The summed E-state index contributed by atoms with van der Waals surface area (Å²) >= 11 is 0. The highest BCUT2D eigenvalue weighted by molar-refractivity contribution is 7.90. The van der Waals surface area contributed by atoms with Crippen molar-refractivity contribution in [3.63, 3.8) is 0 Å². The van der Waals surface area contributed by atoms with E-state index in [2.05, 4.69) is 0 Å². The molecule has 1 fully saturated rings. The Morgan fingerprint density at radius 1 is 1.78 bits per heavy atom. The SMILES string of the molecule is N=S1(=O)CCCN1CN. The molecule has 4 nitrogen and oxygen atoms in total. The lowest BCUT2D eigenvalue weighted by atomic mass is 10.5. The molecule has 1 saturated heterocycles. The topological polar surface area (TPSA) is 70.2 Å². The number of rotatable bonds is 1. The zero-order valence-electron chi connectivity index (χ0n) is 5.17. The lowest BCUT2D eigenvalue weighted by Gasteiger charge is -2.11. The molecule has 0 radical (unpaired) electrons. The van der Waals surface area contributed by atoms with Crippen molar-refractivity contribution < 1.29 is 4.21 Å². The minimum Gasteiger partial charge on any atom is -0.318 e. The lowest BCUT2D eigenvalue weighted by Crippen LogP contribution is -2.30. The molecule has 0 aromatic carbocycles. The van der Waals surface area contributed by atoms with Crippen LogP contribution in [-0.4, -0.2) is 27.5 Å². The van der Waals surface area contributed by atoms with Crippen LogP contribution in [0.1, 0.15) is 6.42 Å². The van der Waals surface area contributed by atoms with Crippen LogP contribution in [0.25, 0.3) is 0 Å².